The van der Waals surface area contributed by atoms with E-state index < -0.39 is 181 Å². The van der Waals surface area contributed by atoms with Gasteiger partial charge in [-0.25, -0.2) is 24.0 Å². The van der Waals surface area contributed by atoms with Crippen LogP contribution < -0.4 is 10.6 Å². The van der Waals surface area contributed by atoms with E-state index in [1.807, 2.05) is 27.7 Å². The van der Waals surface area contributed by atoms with Gasteiger partial charge in [-0.3, -0.25) is 9.59 Å². The molecule has 2 aliphatic heterocycles. The van der Waals surface area contributed by atoms with Gasteiger partial charge in [-0.1, -0.05) is 134 Å². The predicted octanol–water partition coefficient (Wildman–Crippen LogP) is 8.61. The van der Waals surface area contributed by atoms with E-state index in [1.54, 1.807) is 176 Å². The summed E-state index contributed by atoms with van der Waals surface area (Å²) in [5.41, 5.74) is -9.17. The normalized spacial score (nSPS) is 37.0. The molecule has 11 rings (SSSR count). The highest BCUT2D eigenvalue weighted by molar-refractivity contribution is 5.95. The summed E-state index contributed by atoms with van der Waals surface area (Å²) in [5.74, 6) is -6.56. The summed E-state index contributed by atoms with van der Waals surface area (Å²) in [6.45, 7) is 32.3. The van der Waals surface area contributed by atoms with Crippen molar-refractivity contribution in [2.45, 2.75) is 246 Å². The molecular formula is C79H106N2O21. The number of ketones is 2. The molecule has 3 aromatic carbocycles. The van der Waals surface area contributed by atoms with Gasteiger partial charge in [0.15, 0.2) is 17.7 Å². The van der Waals surface area contributed by atoms with Gasteiger partial charge >= 0.3 is 30.1 Å². The van der Waals surface area contributed by atoms with E-state index in [2.05, 4.69) is 10.6 Å². The second-order valence-corrected chi connectivity index (χ2v) is 34.0. The van der Waals surface area contributed by atoms with Gasteiger partial charge in [-0.05, 0) is 138 Å². The first kappa shape index (κ1) is 77.7. The van der Waals surface area contributed by atoms with Crippen molar-refractivity contribution < 1.29 is 102 Å². The summed E-state index contributed by atoms with van der Waals surface area (Å²) < 4.78 is 40.8. The summed E-state index contributed by atoms with van der Waals surface area (Å²) in [6, 6.07) is 22.5. The second-order valence-electron chi connectivity index (χ2n) is 34.0. The van der Waals surface area contributed by atoms with Crippen molar-refractivity contribution in [3.8, 4) is 0 Å². The van der Waals surface area contributed by atoms with Gasteiger partial charge in [0.2, 0.25) is 6.10 Å². The monoisotopic (exact) mass is 1420 g/mol. The van der Waals surface area contributed by atoms with Crippen LogP contribution in [0.1, 0.15) is 184 Å². The van der Waals surface area contributed by atoms with Crippen LogP contribution in [-0.2, 0) is 52.3 Å². The number of aliphatic hydroxyl groups excluding tert-OH is 5. The number of benzene rings is 3. The minimum Gasteiger partial charge on any atom is -0.456 e. The lowest BCUT2D eigenvalue weighted by Gasteiger charge is -2.68. The third kappa shape index (κ3) is 12.9. The van der Waals surface area contributed by atoms with Gasteiger partial charge in [0.1, 0.15) is 41.7 Å². The first-order chi connectivity index (χ1) is 47.2. The molecule has 2 amide bonds. The zero-order valence-corrected chi connectivity index (χ0v) is 62.0. The van der Waals surface area contributed by atoms with E-state index in [0.29, 0.717) is 35.5 Å². The minimum absolute atomic E-state index is 0.0877. The van der Waals surface area contributed by atoms with Crippen molar-refractivity contribution in [1.29, 1.82) is 0 Å². The van der Waals surface area contributed by atoms with Gasteiger partial charge in [-0.2, -0.15) is 0 Å². The lowest BCUT2D eigenvalue weighted by Crippen LogP contribution is -2.75. The molecule has 3 aromatic rings. The van der Waals surface area contributed by atoms with E-state index in [-0.39, 0.29) is 54.6 Å². The molecule has 0 spiro atoms. The van der Waals surface area contributed by atoms with Crippen LogP contribution in [-0.4, -0.2) is 174 Å². The SMILES string of the molecule is CC1=C2[C@@H](O)C(=O)[C@@]3(C)C([C@H](C)[C@](O)(C[C@@H]1OC(=O)[C@H](O)[C@@H](NC(=O)OC(C)(C)C)c1ccccc1)C2(C)C)[C@]1(C)CO[C@@H]1C[C@@H]3O.CC1=C2[C@@H](O)C(=O)[C@@]3(C)C([C@H](C)[C@](O)(C[C@@H]1OC(=O)[C@H](OC(=O)c1ccccc1)[C@@H](NC(=O)OC(C)(C)C)c1ccccc1)C2(C)C)[C@]1(C)CO[C@@H]1C[C@@H]3O. The Kier molecular flexibility index (Phi) is 20.7. The second kappa shape index (κ2) is 27.2. The van der Waals surface area contributed by atoms with Crippen LogP contribution in [0.15, 0.2) is 113 Å². The maximum absolute atomic E-state index is 14.7. The lowest BCUT2D eigenvalue weighted by atomic mass is 9.40. The highest BCUT2D eigenvalue weighted by Crippen LogP contribution is 2.69. The molecule has 23 heteroatoms. The number of amides is 2. The molecule has 2 saturated heterocycles. The number of fused-ring (bicyclic) bond motifs is 10. The van der Waals surface area contributed by atoms with Crippen LogP contribution >= 0.6 is 0 Å². The average Bonchev–Trinajstić information content (AvgIpc) is 0.681. The van der Waals surface area contributed by atoms with Crippen LogP contribution in [0.2, 0.25) is 0 Å². The number of ether oxygens (including phenoxy) is 7. The number of carbonyl (C=O) groups is 7. The van der Waals surface area contributed by atoms with Crippen molar-refractivity contribution >= 4 is 41.7 Å². The number of hydrogen-bond acceptors (Lipinski definition) is 21. The average molecular weight is 1420 g/mol. The molecular weight excluding hydrogens is 1310 g/mol. The van der Waals surface area contributed by atoms with Gasteiger partial charge in [-0.15, -0.1) is 0 Å². The molecule has 23 nitrogen and oxygen atoms in total. The number of alkyl carbamates (subject to hydrolysis) is 2. The molecule has 8 aliphatic rings. The van der Waals surface area contributed by atoms with Crippen molar-refractivity contribution in [2.24, 2.45) is 56.2 Å². The Morgan fingerprint density at radius 2 is 0.892 bits per heavy atom. The van der Waals surface area contributed by atoms with Crippen LogP contribution in [0.25, 0.3) is 0 Å². The number of rotatable bonds is 12. The Morgan fingerprint density at radius 1 is 0.539 bits per heavy atom. The molecule has 4 saturated carbocycles. The zero-order valence-electron chi connectivity index (χ0n) is 62.0. The standard InChI is InChI=1S/C43H55NO11.C36H51NO10/c1-23-27(21-43(51)24(2)34-41(8)22-52-29(41)20-28(45)42(34,9)35(47)32(46)30(23)40(43,6)7)53-37(49)33(54-36(48)26-18-14-11-15-19-26)31(25-16-12-10-13-17-25)44-38(50)55-39(3,4)5;1-18-21(46-30(42)27(40)25(20-13-11-10-12-14-20)37-31(43)47-32(3,4)5)16-36(44)19(2)28-34(8)17-45-23(34)15-22(38)35(28,9)29(41)26(39)24(18)33(36,6)7/h10-19,24,27-29,31-34,45-46,51H,20-22H2,1-9H3,(H,44,50);10-14,19,21-23,25-28,38-40,44H,15-17H2,1-9H3,(H,37,43)/t24-,27-,28-,29+,31-,32+,33+,34?,41+,42+,43+;19-,21-,22-,23+,25-,26+,27+,28?,34+,35+,36+/m00/s1. The van der Waals surface area contributed by atoms with Gasteiger partial charge in [0.25, 0.3) is 0 Å². The first-order valence-corrected chi connectivity index (χ1v) is 35.5. The maximum Gasteiger partial charge on any atom is 0.408 e. The Bertz CT molecular complexity index is 3790. The zero-order chi connectivity index (χ0) is 75.5. The molecule has 0 aromatic heterocycles. The molecule has 9 N–H and O–H groups in total. The highest BCUT2D eigenvalue weighted by atomic mass is 16.6. The van der Waals surface area contributed by atoms with Crippen molar-refractivity contribution in [1.82, 2.24) is 10.6 Å². The van der Waals surface area contributed by atoms with Crippen LogP contribution in [0.5, 0.6) is 0 Å². The van der Waals surface area contributed by atoms with Crippen molar-refractivity contribution in [2.75, 3.05) is 13.2 Å². The Labute approximate surface area is 597 Å². The van der Waals surface area contributed by atoms with E-state index in [1.165, 1.54) is 12.1 Å². The van der Waals surface area contributed by atoms with Gasteiger partial charge in [0, 0.05) is 47.3 Å². The molecule has 2 heterocycles. The molecule has 22 atom stereocenters. The number of esters is 3. The summed E-state index contributed by atoms with van der Waals surface area (Å²) in [6.07, 6.45) is -13.7. The topological polar surface area (TPSA) is 350 Å². The molecule has 4 bridgehead atoms. The van der Waals surface area contributed by atoms with E-state index >= 15 is 0 Å². The van der Waals surface area contributed by atoms with Gasteiger partial charge in [0.05, 0.1) is 71.3 Å². The predicted molar refractivity (Wildman–Crippen MR) is 371 cm³/mol. The summed E-state index contributed by atoms with van der Waals surface area (Å²) in [5, 5.41) is 89.5. The van der Waals surface area contributed by atoms with Crippen LogP contribution in [0.3, 0.4) is 0 Å². The number of aliphatic hydroxyl groups is 7. The Hall–Kier alpha value is -6.93. The van der Waals surface area contributed by atoms with Crippen molar-refractivity contribution in [3.63, 3.8) is 0 Å². The molecule has 558 valence electrons. The van der Waals surface area contributed by atoms with E-state index in [9.17, 15) is 69.3 Å². The number of hydrogen-bond donors (Lipinski definition) is 9. The quantitative estimate of drug-likeness (QED) is 0.0465. The summed E-state index contributed by atoms with van der Waals surface area (Å²) in [4.78, 5) is 97.1. The lowest BCUT2D eigenvalue weighted by molar-refractivity contribution is -0.302. The third-order valence-corrected chi connectivity index (χ3v) is 25.1. The molecule has 102 heavy (non-hydrogen) atoms. The fraction of sp³-hybridized carbons (Fsp3) is 0.633. The van der Waals surface area contributed by atoms with Gasteiger partial charge < -0.3 is 79.5 Å². The molecule has 0 radical (unpaired) electrons. The first-order valence-electron chi connectivity index (χ1n) is 35.5. The van der Waals surface area contributed by atoms with Crippen LogP contribution in [0.4, 0.5) is 9.59 Å². The number of nitrogens with one attached hydrogen (secondary N) is 2. The fourth-order valence-electron chi connectivity index (χ4n) is 19.6. The highest BCUT2D eigenvalue weighted by Gasteiger charge is 2.75. The summed E-state index contributed by atoms with van der Waals surface area (Å²) >= 11 is 0. The summed E-state index contributed by atoms with van der Waals surface area (Å²) in [7, 11) is 0. The Balaban J connectivity index is 0.000000222. The molecule has 6 aliphatic carbocycles. The van der Waals surface area contributed by atoms with Crippen molar-refractivity contribution in [3.05, 3.63) is 130 Å². The number of Topliss-reactive ketones (excluding diaryl/α,β-unsaturated/α-hetero) is 2. The fourth-order valence-corrected chi connectivity index (χ4v) is 19.6. The maximum atomic E-state index is 14.7. The third-order valence-electron chi connectivity index (χ3n) is 25.1. The molecule has 2 unspecified atom stereocenters. The number of carbonyl (C=O) groups excluding carboxylic acids is 7. The molecule has 6 fully saturated rings. The van der Waals surface area contributed by atoms with E-state index in [0.717, 1.165) is 0 Å². The van der Waals surface area contributed by atoms with Crippen LogP contribution in [0, 0.1) is 56.2 Å². The largest absolute Gasteiger partial charge is 0.456 e. The van der Waals surface area contributed by atoms with E-state index in [4.69, 9.17) is 33.2 Å². The Morgan fingerprint density at radius 3 is 1.25 bits per heavy atom. The smallest absolute Gasteiger partial charge is 0.408 e. The minimum atomic E-state index is -1.87.